The Morgan fingerprint density at radius 3 is 2.88 bits per heavy atom. The highest BCUT2D eigenvalue weighted by molar-refractivity contribution is 5.56. The number of hydrogen-bond acceptors (Lipinski definition) is 3. The first-order valence-corrected chi connectivity index (χ1v) is 6.34. The van der Waals surface area contributed by atoms with E-state index in [0.717, 1.165) is 25.1 Å². The standard InChI is InChI=1S/C14H22N2O/c1-10-3-4-12(8-15)13(7-10)16-6-5-11(2)14(17)9-16/h3-4,7,11,14,17H,5-6,8-9,15H2,1-2H3. The number of rotatable bonds is 2. The van der Waals surface area contributed by atoms with E-state index in [1.165, 1.54) is 11.3 Å². The van der Waals surface area contributed by atoms with Crippen LogP contribution in [0, 0.1) is 12.8 Å². The van der Waals surface area contributed by atoms with E-state index in [9.17, 15) is 5.11 Å². The summed E-state index contributed by atoms with van der Waals surface area (Å²) in [5, 5.41) is 9.97. The third kappa shape index (κ3) is 2.61. The molecule has 94 valence electrons. The topological polar surface area (TPSA) is 49.5 Å². The van der Waals surface area contributed by atoms with Crippen LogP contribution in [-0.4, -0.2) is 24.3 Å². The van der Waals surface area contributed by atoms with Crippen LogP contribution in [0.2, 0.25) is 0 Å². The maximum absolute atomic E-state index is 9.97. The van der Waals surface area contributed by atoms with Crippen molar-refractivity contribution in [2.75, 3.05) is 18.0 Å². The minimum atomic E-state index is -0.227. The van der Waals surface area contributed by atoms with Crippen molar-refractivity contribution in [3.63, 3.8) is 0 Å². The smallest absolute Gasteiger partial charge is 0.0741 e. The lowest BCUT2D eigenvalue weighted by Gasteiger charge is -2.37. The summed E-state index contributed by atoms with van der Waals surface area (Å²) >= 11 is 0. The van der Waals surface area contributed by atoms with E-state index in [4.69, 9.17) is 5.73 Å². The minimum Gasteiger partial charge on any atom is -0.391 e. The van der Waals surface area contributed by atoms with Gasteiger partial charge in [0.2, 0.25) is 0 Å². The zero-order valence-electron chi connectivity index (χ0n) is 10.7. The predicted molar refractivity (Wildman–Crippen MR) is 71.1 cm³/mol. The summed E-state index contributed by atoms with van der Waals surface area (Å²) in [4.78, 5) is 2.26. The zero-order valence-corrected chi connectivity index (χ0v) is 10.7. The summed E-state index contributed by atoms with van der Waals surface area (Å²) in [7, 11) is 0. The van der Waals surface area contributed by atoms with Crippen molar-refractivity contribution in [3.8, 4) is 0 Å². The SMILES string of the molecule is Cc1ccc(CN)c(N2CCC(C)C(O)C2)c1. The van der Waals surface area contributed by atoms with E-state index in [0.29, 0.717) is 12.5 Å². The molecule has 1 fully saturated rings. The average molecular weight is 234 g/mol. The van der Waals surface area contributed by atoms with Gasteiger partial charge in [-0.1, -0.05) is 19.1 Å². The molecule has 17 heavy (non-hydrogen) atoms. The summed E-state index contributed by atoms with van der Waals surface area (Å²) in [6.07, 6.45) is 0.814. The van der Waals surface area contributed by atoms with Gasteiger partial charge in [-0.3, -0.25) is 0 Å². The largest absolute Gasteiger partial charge is 0.391 e. The maximum atomic E-state index is 9.97. The molecule has 2 atom stereocenters. The second kappa shape index (κ2) is 5.07. The fourth-order valence-electron chi connectivity index (χ4n) is 2.41. The van der Waals surface area contributed by atoms with Gasteiger partial charge in [-0.2, -0.15) is 0 Å². The Kier molecular flexibility index (Phi) is 3.69. The third-order valence-electron chi connectivity index (χ3n) is 3.72. The van der Waals surface area contributed by atoms with Gasteiger partial charge in [0.1, 0.15) is 0 Å². The van der Waals surface area contributed by atoms with Gasteiger partial charge in [-0.05, 0) is 36.5 Å². The van der Waals surface area contributed by atoms with Crippen molar-refractivity contribution in [2.24, 2.45) is 11.7 Å². The minimum absolute atomic E-state index is 0.227. The van der Waals surface area contributed by atoms with Crippen LogP contribution in [0.5, 0.6) is 0 Å². The fraction of sp³-hybridized carbons (Fsp3) is 0.571. The van der Waals surface area contributed by atoms with Crippen LogP contribution in [0.3, 0.4) is 0 Å². The van der Waals surface area contributed by atoms with Crippen LogP contribution < -0.4 is 10.6 Å². The van der Waals surface area contributed by atoms with Gasteiger partial charge in [0.25, 0.3) is 0 Å². The highest BCUT2D eigenvalue weighted by atomic mass is 16.3. The molecular weight excluding hydrogens is 212 g/mol. The number of benzene rings is 1. The quantitative estimate of drug-likeness (QED) is 0.818. The van der Waals surface area contributed by atoms with Crippen molar-refractivity contribution in [1.82, 2.24) is 0 Å². The number of anilines is 1. The summed E-state index contributed by atoms with van der Waals surface area (Å²) in [6, 6.07) is 6.36. The second-order valence-electron chi connectivity index (χ2n) is 5.12. The fourth-order valence-corrected chi connectivity index (χ4v) is 2.41. The highest BCUT2D eigenvalue weighted by Crippen LogP contribution is 2.27. The summed E-state index contributed by atoms with van der Waals surface area (Å²) in [5.74, 6) is 0.400. The number of β-amino-alcohol motifs (C(OH)–C–C–N with tert-alkyl or cyclic N) is 1. The lowest BCUT2D eigenvalue weighted by atomic mass is 9.95. The number of nitrogens with two attached hydrogens (primary N) is 1. The van der Waals surface area contributed by atoms with E-state index in [2.05, 4.69) is 36.9 Å². The van der Waals surface area contributed by atoms with E-state index in [1.54, 1.807) is 0 Å². The number of aryl methyl sites for hydroxylation is 1. The van der Waals surface area contributed by atoms with Crippen LogP contribution in [0.15, 0.2) is 18.2 Å². The van der Waals surface area contributed by atoms with Crippen molar-refractivity contribution < 1.29 is 5.11 Å². The molecule has 0 saturated carbocycles. The normalized spacial score (nSPS) is 25.1. The molecule has 1 aliphatic rings. The lowest BCUT2D eigenvalue weighted by Crippen LogP contribution is -2.43. The Hall–Kier alpha value is -1.06. The number of hydrogen-bond donors (Lipinski definition) is 2. The molecule has 3 N–H and O–H groups in total. The first-order chi connectivity index (χ1) is 8.11. The molecule has 1 aromatic rings. The van der Waals surface area contributed by atoms with Gasteiger partial charge in [0.15, 0.2) is 0 Å². The molecule has 3 heteroatoms. The van der Waals surface area contributed by atoms with E-state index < -0.39 is 0 Å². The van der Waals surface area contributed by atoms with Crippen LogP contribution in [0.4, 0.5) is 5.69 Å². The second-order valence-corrected chi connectivity index (χ2v) is 5.12. The summed E-state index contributed by atoms with van der Waals surface area (Å²) in [6.45, 7) is 6.49. The molecule has 3 nitrogen and oxygen atoms in total. The van der Waals surface area contributed by atoms with Gasteiger partial charge in [0, 0.05) is 25.3 Å². The van der Waals surface area contributed by atoms with Crippen molar-refractivity contribution in [2.45, 2.75) is 32.9 Å². The molecule has 2 unspecified atom stereocenters. The van der Waals surface area contributed by atoms with Crippen LogP contribution >= 0.6 is 0 Å². The Balaban J connectivity index is 2.24. The van der Waals surface area contributed by atoms with Gasteiger partial charge in [-0.25, -0.2) is 0 Å². The highest BCUT2D eigenvalue weighted by Gasteiger charge is 2.25. The number of aliphatic hydroxyl groups excluding tert-OH is 1. The lowest BCUT2D eigenvalue weighted by molar-refractivity contribution is 0.103. The van der Waals surface area contributed by atoms with Gasteiger partial charge in [-0.15, -0.1) is 0 Å². The maximum Gasteiger partial charge on any atom is 0.0741 e. The van der Waals surface area contributed by atoms with E-state index in [1.807, 2.05) is 0 Å². The summed E-state index contributed by atoms with van der Waals surface area (Å²) in [5.41, 5.74) is 9.38. The Bertz CT molecular complexity index is 392. The van der Waals surface area contributed by atoms with Crippen molar-refractivity contribution in [1.29, 1.82) is 0 Å². The molecule has 1 saturated heterocycles. The van der Waals surface area contributed by atoms with Gasteiger partial charge >= 0.3 is 0 Å². The zero-order chi connectivity index (χ0) is 12.4. The monoisotopic (exact) mass is 234 g/mol. The number of aliphatic hydroxyl groups is 1. The molecule has 1 heterocycles. The van der Waals surface area contributed by atoms with E-state index >= 15 is 0 Å². The Labute approximate surface area is 103 Å². The Morgan fingerprint density at radius 1 is 1.47 bits per heavy atom. The van der Waals surface area contributed by atoms with Crippen LogP contribution in [0.25, 0.3) is 0 Å². The first-order valence-electron chi connectivity index (χ1n) is 6.34. The van der Waals surface area contributed by atoms with Crippen LogP contribution in [0.1, 0.15) is 24.5 Å². The molecule has 0 bridgehead atoms. The molecular formula is C14H22N2O. The van der Waals surface area contributed by atoms with Crippen molar-refractivity contribution >= 4 is 5.69 Å². The molecule has 0 radical (unpaired) electrons. The summed E-state index contributed by atoms with van der Waals surface area (Å²) < 4.78 is 0. The van der Waals surface area contributed by atoms with Gasteiger partial charge in [0.05, 0.1) is 6.10 Å². The molecule has 0 aromatic heterocycles. The number of nitrogens with zero attached hydrogens (tertiary/aromatic N) is 1. The third-order valence-corrected chi connectivity index (χ3v) is 3.72. The Morgan fingerprint density at radius 2 is 2.24 bits per heavy atom. The molecule has 1 aromatic carbocycles. The molecule has 1 aliphatic heterocycles. The number of piperidine rings is 1. The first kappa shape index (κ1) is 12.4. The van der Waals surface area contributed by atoms with E-state index in [-0.39, 0.29) is 6.10 Å². The molecule has 0 spiro atoms. The molecule has 0 amide bonds. The molecule has 2 rings (SSSR count). The van der Waals surface area contributed by atoms with Crippen LogP contribution in [-0.2, 0) is 6.54 Å². The van der Waals surface area contributed by atoms with Gasteiger partial charge < -0.3 is 15.7 Å². The predicted octanol–water partition coefficient (Wildman–Crippen LogP) is 1.66. The van der Waals surface area contributed by atoms with Crippen molar-refractivity contribution in [3.05, 3.63) is 29.3 Å². The average Bonchev–Trinajstić information content (AvgIpc) is 2.32. The molecule has 0 aliphatic carbocycles.